The Morgan fingerprint density at radius 1 is 1.25 bits per heavy atom. The van der Waals surface area contributed by atoms with Crippen molar-refractivity contribution in [1.29, 1.82) is 5.26 Å². The van der Waals surface area contributed by atoms with E-state index in [1.165, 1.54) is 0 Å². The Morgan fingerprint density at radius 3 is 2.69 bits per heavy atom. The molecule has 0 bridgehead atoms. The summed E-state index contributed by atoms with van der Waals surface area (Å²) < 4.78 is 15.8. The van der Waals surface area contributed by atoms with Gasteiger partial charge in [-0.15, -0.1) is 0 Å². The molecule has 0 saturated carbocycles. The van der Waals surface area contributed by atoms with E-state index in [1.54, 1.807) is 25.3 Å². The fourth-order valence-electron chi connectivity index (χ4n) is 1.21. The van der Waals surface area contributed by atoms with E-state index in [0.29, 0.717) is 36.9 Å². The molecule has 1 rings (SSSR count). The van der Waals surface area contributed by atoms with E-state index < -0.39 is 0 Å². The van der Waals surface area contributed by atoms with Gasteiger partial charge in [0, 0.05) is 12.7 Å². The van der Waals surface area contributed by atoms with Crippen LogP contribution in [0.2, 0.25) is 0 Å². The first-order valence-electron chi connectivity index (χ1n) is 5.10. The van der Waals surface area contributed by atoms with E-state index in [0.717, 1.165) is 0 Å². The van der Waals surface area contributed by atoms with Crippen LogP contribution in [0.5, 0.6) is 11.5 Å². The molecular weight excluding hydrogens is 206 g/mol. The molecule has 0 fully saturated rings. The molecule has 0 spiro atoms. The Labute approximate surface area is 95.4 Å². The molecule has 0 radical (unpaired) electrons. The van der Waals surface area contributed by atoms with Crippen molar-refractivity contribution >= 4 is 0 Å². The van der Waals surface area contributed by atoms with Crippen molar-refractivity contribution in [1.82, 2.24) is 0 Å². The highest BCUT2D eigenvalue weighted by Crippen LogP contribution is 2.27. The first-order valence-corrected chi connectivity index (χ1v) is 5.10. The number of ether oxygens (including phenoxy) is 3. The summed E-state index contributed by atoms with van der Waals surface area (Å²) in [5, 5.41) is 8.73. The molecule has 0 saturated heterocycles. The van der Waals surface area contributed by atoms with Gasteiger partial charge in [0.1, 0.15) is 6.61 Å². The van der Waals surface area contributed by atoms with Gasteiger partial charge in [-0.25, -0.2) is 0 Å². The van der Waals surface area contributed by atoms with Gasteiger partial charge >= 0.3 is 0 Å². The minimum absolute atomic E-state index is 0.468. The highest BCUT2D eigenvalue weighted by Gasteiger charge is 2.05. The quantitative estimate of drug-likeness (QED) is 0.689. The third-order valence-electron chi connectivity index (χ3n) is 1.98. The molecule has 1 aromatic rings. The van der Waals surface area contributed by atoms with Crippen LogP contribution in [0, 0.1) is 11.3 Å². The average Bonchev–Trinajstić information content (AvgIpc) is 2.34. The van der Waals surface area contributed by atoms with Crippen molar-refractivity contribution in [3.05, 3.63) is 23.8 Å². The maximum atomic E-state index is 8.73. The van der Waals surface area contributed by atoms with E-state index in [1.807, 2.05) is 13.0 Å². The molecule has 86 valence electrons. The lowest BCUT2D eigenvalue weighted by atomic mass is 10.2. The zero-order valence-corrected chi connectivity index (χ0v) is 9.53. The summed E-state index contributed by atoms with van der Waals surface area (Å²) in [5.74, 6) is 1.19. The maximum Gasteiger partial charge on any atom is 0.162 e. The predicted molar refractivity (Wildman–Crippen MR) is 59.7 cm³/mol. The van der Waals surface area contributed by atoms with Crippen LogP contribution in [0.15, 0.2) is 18.2 Å². The van der Waals surface area contributed by atoms with Gasteiger partial charge in [-0.1, -0.05) is 0 Å². The zero-order chi connectivity index (χ0) is 11.8. The highest BCUT2D eigenvalue weighted by atomic mass is 16.5. The average molecular weight is 221 g/mol. The summed E-state index contributed by atoms with van der Waals surface area (Å²) in [6.45, 7) is 3.62. The summed E-state index contributed by atoms with van der Waals surface area (Å²) in [7, 11) is 1.55. The van der Waals surface area contributed by atoms with E-state index >= 15 is 0 Å². The molecule has 16 heavy (non-hydrogen) atoms. The van der Waals surface area contributed by atoms with Gasteiger partial charge in [0.25, 0.3) is 0 Å². The van der Waals surface area contributed by atoms with Crippen LogP contribution in [0.1, 0.15) is 12.5 Å². The van der Waals surface area contributed by atoms with E-state index in [2.05, 4.69) is 0 Å². The smallest absolute Gasteiger partial charge is 0.162 e. The molecule has 1 aromatic carbocycles. The normalized spacial score (nSPS) is 9.56. The Balaban J connectivity index is 2.62. The molecule has 0 atom stereocenters. The van der Waals surface area contributed by atoms with Crippen molar-refractivity contribution in [2.24, 2.45) is 0 Å². The second kappa shape index (κ2) is 6.70. The van der Waals surface area contributed by atoms with Crippen molar-refractivity contribution in [2.75, 3.05) is 26.9 Å². The largest absolute Gasteiger partial charge is 0.493 e. The fourth-order valence-corrected chi connectivity index (χ4v) is 1.21. The van der Waals surface area contributed by atoms with Gasteiger partial charge in [0.05, 0.1) is 25.3 Å². The molecule has 0 aliphatic heterocycles. The van der Waals surface area contributed by atoms with Crippen LogP contribution in [-0.2, 0) is 4.74 Å². The van der Waals surface area contributed by atoms with Crippen molar-refractivity contribution in [3.8, 4) is 17.6 Å². The lowest BCUT2D eigenvalue weighted by Crippen LogP contribution is -2.07. The molecule has 4 nitrogen and oxygen atoms in total. The van der Waals surface area contributed by atoms with Crippen LogP contribution < -0.4 is 9.47 Å². The Kier molecular flexibility index (Phi) is 5.17. The van der Waals surface area contributed by atoms with E-state index in [-0.39, 0.29) is 0 Å². The number of hydrogen-bond acceptors (Lipinski definition) is 4. The molecule has 0 unspecified atom stereocenters. The van der Waals surface area contributed by atoms with Gasteiger partial charge in [-0.2, -0.15) is 5.26 Å². The van der Waals surface area contributed by atoms with E-state index in [9.17, 15) is 0 Å². The summed E-state index contributed by atoms with van der Waals surface area (Å²) in [6.07, 6.45) is 0. The van der Waals surface area contributed by atoms with Crippen LogP contribution in [0.4, 0.5) is 0 Å². The zero-order valence-electron chi connectivity index (χ0n) is 9.53. The number of benzene rings is 1. The monoisotopic (exact) mass is 221 g/mol. The van der Waals surface area contributed by atoms with Crippen molar-refractivity contribution in [3.63, 3.8) is 0 Å². The highest BCUT2D eigenvalue weighted by molar-refractivity contribution is 5.46. The van der Waals surface area contributed by atoms with E-state index in [4.69, 9.17) is 19.5 Å². The third kappa shape index (κ3) is 3.44. The number of nitrogens with zero attached hydrogens (tertiary/aromatic N) is 1. The molecule has 0 aromatic heterocycles. The predicted octanol–water partition coefficient (Wildman–Crippen LogP) is 1.98. The van der Waals surface area contributed by atoms with Crippen LogP contribution in [0.3, 0.4) is 0 Å². The minimum Gasteiger partial charge on any atom is -0.493 e. The molecule has 4 heteroatoms. The molecule has 0 aliphatic carbocycles. The van der Waals surface area contributed by atoms with Gasteiger partial charge in [0.15, 0.2) is 11.5 Å². The van der Waals surface area contributed by atoms with Crippen molar-refractivity contribution in [2.45, 2.75) is 6.92 Å². The number of rotatable bonds is 6. The SMILES string of the molecule is CCOCCOc1ccc(C#N)cc1OC. The molecule has 0 heterocycles. The second-order valence-electron chi connectivity index (χ2n) is 3.02. The number of hydrogen-bond donors (Lipinski definition) is 0. The summed E-state index contributed by atoms with van der Waals surface area (Å²) in [6, 6.07) is 7.11. The Hall–Kier alpha value is -1.73. The second-order valence-corrected chi connectivity index (χ2v) is 3.02. The molecular formula is C12H15NO3. The Bertz CT molecular complexity index is 371. The van der Waals surface area contributed by atoms with Gasteiger partial charge in [-0.3, -0.25) is 0 Å². The van der Waals surface area contributed by atoms with Gasteiger partial charge in [-0.05, 0) is 19.1 Å². The Morgan fingerprint density at radius 2 is 2.06 bits per heavy atom. The third-order valence-corrected chi connectivity index (χ3v) is 1.98. The molecule has 0 N–H and O–H groups in total. The topological polar surface area (TPSA) is 51.5 Å². The lowest BCUT2D eigenvalue weighted by molar-refractivity contribution is 0.109. The molecule has 0 aliphatic rings. The van der Waals surface area contributed by atoms with Crippen LogP contribution in [-0.4, -0.2) is 26.9 Å². The lowest BCUT2D eigenvalue weighted by Gasteiger charge is -2.10. The summed E-state index contributed by atoms with van der Waals surface area (Å²) in [5.41, 5.74) is 0.550. The van der Waals surface area contributed by atoms with Crippen LogP contribution in [0.25, 0.3) is 0 Å². The summed E-state index contributed by atoms with van der Waals surface area (Å²) >= 11 is 0. The number of methoxy groups -OCH3 is 1. The standard InChI is InChI=1S/C12H15NO3/c1-3-15-6-7-16-11-5-4-10(9-13)8-12(11)14-2/h4-5,8H,3,6-7H2,1-2H3. The first-order chi connectivity index (χ1) is 7.81. The summed E-state index contributed by atoms with van der Waals surface area (Å²) in [4.78, 5) is 0. The van der Waals surface area contributed by atoms with Crippen LogP contribution >= 0.6 is 0 Å². The minimum atomic E-state index is 0.468. The first kappa shape index (κ1) is 12.3. The van der Waals surface area contributed by atoms with Gasteiger partial charge in [0.2, 0.25) is 0 Å². The van der Waals surface area contributed by atoms with Gasteiger partial charge < -0.3 is 14.2 Å². The number of nitriles is 1. The maximum absolute atomic E-state index is 8.73. The molecule has 0 amide bonds. The fraction of sp³-hybridized carbons (Fsp3) is 0.417. The van der Waals surface area contributed by atoms with Crippen molar-refractivity contribution < 1.29 is 14.2 Å².